The van der Waals surface area contributed by atoms with E-state index in [1.165, 1.54) is 32.1 Å². The molecule has 2 aliphatic rings. The summed E-state index contributed by atoms with van der Waals surface area (Å²) in [6.45, 7) is 5.21. The number of carbonyl (C=O) groups is 1. The van der Waals surface area contributed by atoms with E-state index in [1.54, 1.807) is 0 Å². The molecule has 0 aromatic carbocycles. The van der Waals surface area contributed by atoms with Gasteiger partial charge in [0.2, 0.25) is 5.91 Å². The number of alkyl halides is 1. The third-order valence-corrected chi connectivity index (χ3v) is 4.85. The average molecular weight is 258 g/mol. The lowest BCUT2D eigenvalue weighted by Gasteiger charge is -2.40. The Kier molecular flexibility index (Phi) is 4.02. The van der Waals surface area contributed by atoms with E-state index < -0.39 is 0 Å². The van der Waals surface area contributed by atoms with E-state index in [-0.39, 0.29) is 11.3 Å². The van der Waals surface area contributed by atoms with E-state index in [2.05, 4.69) is 18.7 Å². The van der Waals surface area contributed by atoms with E-state index in [0.29, 0.717) is 17.8 Å². The lowest BCUT2D eigenvalue weighted by molar-refractivity contribution is -0.142. The summed E-state index contributed by atoms with van der Waals surface area (Å²) in [7, 11) is 0. The van der Waals surface area contributed by atoms with Gasteiger partial charge in [0.1, 0.15) is 0 Å². The minimum atomic E-state index is 0.186. The first kappa shape index (κ1) is 13.2. The van der Waals surface area contributed by atoms with Crippen LogP contribution in [0.4, 0.5) is 0 Å². The molecule has 1 atom stereocenters. The van der Waals surface area contributed by atoms with Crippen LogP contribution in [0.25, 0.3) is 0 Å². The minimum Gasteiger partial charge on any atom is -0.338 e. The highest BCUT2D eigenvalue weighted by atomic mass is 35.5. The molecule has 0 aromatic heterocycles. The standard InChI is InChI=1S/C14H24ClNO/c1-14(2)8-4-7-12(14)13(17)16(10-9-15)11-5-3-6-11/h11-12H,3-10H2,1-2H3. The van der Waals surface area contributed by atoms with Crippen LogP contribution in [0, 0.1) is 11.3 Å². The molecule has 1 unspecified atom stereocenters. The van der Waals surface area contributed by atoms with Gasteiger partial charge in [-0.15, -0.1) is 11.6 Å². The Morgan fingerprint density at radius 2 is 2.00 bits per heavy atom. The lowest BCUT2D eigenvalue weighted by Crippen LogP contribution is -2.49. The number of halogens is 1. The zero-order valence-electron chi connectivity index (χ0n) is 11.0. The van der Waals surface area contributed by atoms with Gasteiger partial charge in [0.25, 0.3) is 0 Å². The highest BCUT2D eigenvalue weighted by Crippen LogP contribution is 2.44. The molecule has 98 valence electrons. The molecule has 0 bridgehead atoms. The molecular formula is C14H24ClNO. The van der Waals surface area contributed by atoms with Crippen molar-refractivity contribution in [3.63, 3.8) is 0 Å². The highest BCUT2D eigenvalue weighted by molar-refractivity contribution is 6.18. The quantitative estimate of drug-likeness (QED) is 0.707. The molecule has 2 fully saturated rings. The van der Waals surface area contributed by atoms with Crippen LogP contribution in [0.15, 0.2) is 0 Å². The predicted octanol–water partition coefficient (Wildman–Crippen LogP) is 3.43. The molecule has 2 rings (SSSR count). The van der Waals surface area contributed by atoms with Gasteiger partial charge in [-0.2, -0.15) is 0 Å². The Bertz CT molecular complexity index is 286. The van der Waals surface area contributed by atoms with E-state index in [0.717, 1.165) is 13.0 Å². The largest absolute Gasteiger partial charge is 0.338 e. The molecule has 0 saturated heterocycles. The molecule has 2 nitrogen and oxygen atoms in total. The van der Waals surface area contributed by atoms with Gasteiger partial charge in [0.15, 0.2) is 0 Å². The second-order valence-corrected chi connectivity index (χ2v) is 6.62. The van der Waals surface area contributed by atoms with Crippen molar-refractivity contribution < 1.29 is 4.79 Å². The van der Waals surface area contributed by atoms with Gasteiger partial charge in [-0.25, -0.2) is 0 Å². The van der Waals surface area contributed by atoms with Crippen molar-refractivity contribution in [1.82, 2.24) is 4.90 Å². The fourth-order valence-electron chi connectivity index (χ4n) is 3.25. The first-order chi connectivity index (χ1) is 8.06. The molecule has 17 heavy (non-hydrogen) atoms. The number of nitrogens with zero attached hydrogens (tertiary/aromatic N) is 1. The van der Waals surface area contributed by atoms with Crippen LogP contribution in [0.3, 0.4) is 0 Å². The summed E-state index contributed by atoms with van der Waals surface area (Å²) in [4.78, 5) is 14.7. The number of rotatable bonds is 4. The summed E-state index contributed by atoms with van der Waals surface area (Å²) >= 11 is 5.85. The van der Waals surface area contributed by atoms with Crippen LogP contribution in [-0.2, 0) is 4.79 Å². The molecule has 0 aliphatic heterocycles. The second-order valence-electron chi connectivity index (χ2n) is 6.24. The van der Waals surface area contributed by atoms with Crippen molar-refractivity contribution in [1.29, 1.82) is 0 Å². The number of hydrogen-bond donors (Lipinski definition) is 0. The minimum absolute atomic E-state index is 0.186. The fraction of sp³-hybridized carbons (Fsp3) is 0.929. The Morgan fingerprint density at radius 3 is 2.41 bits per heavy atom. The zero-order chi connectivity index (χ0) is 12.5. The van der Waals surface area contributed by atoms with Gasteiger partial charge in [-0.3, -0.25) is 4.79 Å². The summed E-state index contributed by atoms with van der Waals surface area (Å²) in [5, 5.41) is 0. The molecule has 0 radical (unpaired) electrons. The molecule has 0 spiro atoms. The Hall–Kier alpha value is -0.240. The summed E-state index contributed by atoms with van der Waals surface area (Å²) in [5.74, 6) is 1.17. The normalized spacial score (nSPS) is 27.8. The van der Waals surface area contributed by atoms with Crippen LogP contribution in [-0.4, -0.2) is 29.3 Å². The zero-order valence-corrected chi connectivity index (χ0v) is 11.8. The third kappa shape index (κ3) is 2.62. The maximum atomic E-state index is 12.7. The molecule has 0 N–H and O–H groups in total. The van der Waals surface area contributed by atoms with Crippen molar-refractivity contribution in [2.45, 2.75) is 58.4 Å². The SMILES string of the molecule is CC1(C)CCCC1C(=O)N(CCCl)C1CCC1. The van der Waals surface area contributed by atoms with Crippen LogP contribution in [0.1, 0.15) is 52.4 Å². The van der Waals surface area contributed by atoms with Crippen molar-refractivity contribution in [3.8, 4) is 0 Å². The first-order valence-electron chi connectivity index (χ1n) is 6.93. The van der Waals surface area contributed by atoms with Crippen molar-refractivity contribution in [3.05, 3.63) is 0 Å². The topological polar surface area (TPSA) is 20.3 Å². The maximum Gasteiger partial charge on any atom is 0.226 e. The highest BCUT2D eigenvalue weighted by Gasteiger charge is 2.42. The first-order valence-corrected chi connectivity index (χ1v) is 7.46. The summed E-state index contributed by atoms with van der Waals surface area (Å²) in [6.07, 6.45) is 7.07. The molecule has 1 amide bonds. The van der Waals surface area contributed by atoms with Crippen molar-refractivity contribution in [2.24, 2.45) is 11.3 Å². The lowest BCUT2D eigenvalue weighted by atomic mass is 9.80. The van der Waals surface area contributed by atoms with E-state index >= 15 is 0 Å². The summed E-state index contributed by atoms with van der Waals surface area (Å²) < 4.78 is 0. The molecule has 2 aliphatic carbocycles. The van der Waals surface area contributed by atoms with Gasteiger partial charge >= 0.3 is 0 Å². The van der Waals surface area contributed by atoms with Gasteiger partial charge in [0.05, 0.1) is 0 Å². The van der Waals surface area contributed by atoms with Crippen LogP contribution in [0.5, 0.6) is 0 Å². The summed E-state index contributed by atoms with van der Waals surface area (Å²) in [5.41, 5.74) is 0.186. The summed E-state index contributed by atoms with van der Waals surface area (Å²) in [6, 6.07) is 0.484. The van der Waals surface area contributed by atoms with E-state index in [4.69, 9.17) is 11.6 Å². The number of carbonyl (C=O) groups excluding carboxylic acids is 1. The van der Waals surface area contributed by atoms with Gasteiger partial charge < -0.3 is 4.90 Å². The van der Waals surface area contributed by atoms with Crippen molar-refractivity contribution >= 4 is 17.5 Å². The van der Waals surface area contributed by atoms with Gasteiger partial charge in [0, 0.05) is 24.4 Å². The molecule has 2 saturated carbocycles. The predicted molar refractivity (Wildman–Crippen MR) is 71.2 cm³/mol. The second kappa shape index (κ2) is 5.17. The molecule has 0 heterocycles. The fourth-order valence-corrected chi connectivity index (χ4v) is 3.43. The maximum absolute atomic E-state index is 12.7. The number of hydrogen-bond acceptors (Lipinski definition) is 1. The Balaban J connectivity index is 2.04. The van der Waals surface area contributed by atoms with Crippen molar-refractivity contribution in [2.75, 3.05) is 12.4 Å². The Morgan fingerprint density at radius 1 is 1.29 bits per heavy atom. The van der Waals surface area contributed by atoms with Gasteiger partial charge in [-0.05, 0) is 37.5 Å². The average Bonchev–Trinajstić information content (AvgIpc) is 2.54. The van der Waals surface area contributed by atoms with Crippen LogP contribution < -0.4 is 0 Å². The number of amides is 1. The smallest absolute Gasteiger partial charge is 0.226 e. The van der Waals surface area contributed by atoms with E-state index in [1.807, 2.05) is 0 Å². The van der Waals surface area contributed by atoms with Crippen LogP contribution >= 0.6 is 11.6 Å². The molecule has 0 aromatic rings. The third-order valence-electron chi connectivity index (χ3n) is 4.68. The van der Waals surface area contributed by atoms with E-state index in [9.17, 15) is 4.79 Å². The van der Waals surface area contributed by atoms with Crippen LogP contribution in [0.2, 0.25) is 0 Å². The monoisotopic (exact) mass is 257 g/mol. The van der Waals surface area contributed by atoms with Gasteiger partial charge in [-0.1, -0.05) is 20.3 Å². The Labute approximate surface area is 110 Å². The molecular weight excluding hydrogens is 234 g/mol. The molecule has 3 heteroatoms.